The lowest BCUT2D eigenvalue weighted by Gasteiger charge is -2.36. The van der Waals surface area contributed by atoms with Gasteiger partial charge < -0.3 is 24.9 Å². The molecule has 4 aromatic heterocycles. The highest BCUT2D eigenvalue weighted by Gasteiger charge is 2.23. The van der Waals surface area contributed by atoms with Crippen LogP contribution in [0, 0.1) is 11.6 Å². The summed E-state index contributed by atoms with van der Waals surface area (Å²) in [5, 5.41) is 18.6. The second kappa shape index (κ2) is 11.0. The summed E-state index contributed by atoms with van der Waals surface area (Å²) in [6, 6.07) is 7.68. The number of ether oxygens (including phenoxy) is 1. The maximum Gasteiger partial charge on any atom is 0.303 e. The zero-order valence-electron chi connectivity index (χ0n) is 22.0. The highest BCUT2D eigenvalue weighted by molar-refractivity contribution is 5.93. The highest BCUT2D eigenvalue weighted by atomic mass is 19.1. The Kier molecular flexibility index (Phi) is 7.14. The molecule has 0 bridgehead atoms. The van der Waals surface area contributed by atoms with Crippen molar-refractivity contribution in [2.45, 2.75) is 19.4 Å². The number of carboxylic acid groups (broad SMARTS) is 1. The summed E-state index contributed by atoms with van der Waals surface area (Å²) >= 11 is 0. The molecule has 14 heteroatoms. The molecule has 0 unspecified atom stereocenters. The largest absolute Gasteiger partial charge is 0.490 e. The minimum absolute atomic E-state index is 0.0301. The Morgan fingerprint density at radius 2 is 1.95 bits per heavy atom. The molecule has 1 aliphatic rings. The standard InChI is InChI=1S/C27H28F2N8O4/c28-18-13-19(29)24(41-12-2-4-25(38)39)15-22(18)35-8-5-34(6-9-35)7-10-36-26-17(16-31-36)21-14-20(23-3-1-11-40-23)33-37(21)27(30)32-26/h1,3,11,13-16H,2,4-10,12H2,(H2,30,32)(H,38,39). The average Bonchev–Trinajstić information content (AvgIpc) is 3.71. The summed E-state index contributed by atoms with van der Waals surface area (Å²) in [5.41, 5.74) is 8.57. The van der Waals surface area contributed by atoms with Gasteiger partial charge in [-0.1, -0.05) is 0 Å². The van der Waals surface area contributed by atoms with E-state index in [1.807, 2.05) is 21.7 Å². The Bertz CT molecular complexity index is 1690. The van der Waals surface area contributed by atoms with E-state index in [1.54, 1.807) is 23.0 Å². The van der Waals surface area contributed by atoms with Gasteiger partial charge in [0.2, 0.25) is 5.95 Å². The SMILES string of the molecule is Nc1nc2c(cnn2CCN2CCN(c3cc(OCCCC(=O)O)c(F)cc3F)CC2)c2cc(-c3ccco3)nn12. The van der Waals surface area contributed by atoms with Crippen LogP contribution in [0.3, 0.4) is 0 Å². The fourth-order valence-corrected chi connectivity index (χ4v) is 5.01. The summed E-state index contributed by atoms with van der Waals surface area (Å²) in [6.45, 7) is 3.71. The molecule has 1 aromatic carbocycles. The first-order valence-electron chi connectivity index (χ1n) is 13.2. The highest BCUT2D eigenvalue weighted by Crippen LogP contribution is 2.30. The van der Waals surface area contributed by atoms with Gasteiger partial charge in [-0.05, 0) is 24.6 Å². The smallest absolute Gasteiger partial charge is 0.303 e. The molecule has 12 nitrogen and oxygen atoms in total. The third-order valence-electron chi connectivity index (χ3n) is 7.14. The molecule has 0 radical (unpaired) electrons. The van der Waals surface area contributed by atoms with Crippen molar-refractivity contribution in [2.24, 2.45) is 0 Å². The minimum atomic E-state index is -0.955. The molecule has 3 N–H and O–H groups in total. The van der Waals surface area contributed by atoms with Gasteiger partial charge in [0, 0.05) is 51.3 Å². The molecule has 1 fully saturated rings. The van der Waals surface area contributed by atoms with Crippen LogP contribution in [0.25, 0.3) is 28.0 Å². The molecule has 1 saturated heterocycles. The number of aromatic nitrogens is 5. The van der Waals surface area contributed by atoms with Gasteiger partial charge in [0.05, 0.1) is 42.2 Å². The predicted octanol–water partition coefficient (Wildman–Crippen LogP) is 3.27. The van der Waals surface area contributed by atoms with E-state index in [4.69, 9.17) is 20.0 Å². The van der Waals surface area contributed by atoms with E-state index in [0.29, 0.717) is 56.4 Å². The van der Waals surface area contributed by atoms with Crippen molar-refractivity contribution in [2.75, 3.05) is 50.0 Å². The maximum absolute atomic E-state index is 14.6. The van der Waals surface area contributed by atoms with E-state index < -0.39 is 17.6 Å². The van der Waals surface area contributed by atoms with Crippen molar-refractivity contribution in [3.05, 3.63) is 54.4 Å². The number of aliphatic carboxylic acids is 1. The van der Waals surface area contributed by atoms with Crippen LogP contribution in [0.2, 0.25) is 0 Å². The molecule has 1 aliphatic heterocycles. The van der Waals surface area contributed by atoms with Crippen molar-refractivity contribution in [1.82, 2.24) is 29.3 Å². The number of rotatable bonds is 10. The Hall–Kier alpha value is -4.72. The lowest BCUT2D eigenvalue weighted by atomic mass is 10.2. The summed E-state index contributed by atoms with van der Waals surface area (Å²) in [6.07, 6.45) is 3.48. The molecule has 5 aromatic rings. The Labute approximate surface area is 232 Å². The Morgan fingerprint density at radius 3 is 2.71 bits per heavy atom. The molecular weight excluding hydrogens is 538 g/mol. The number of carboxylic acids is 1. The number of hydrogen-bond acceptors (Lipinski definition) is 9. The van der Waals surface area contributed by atoms with Crippen molar-refractivity contribution in [1.29, 1.82) is 0 Å². The van der Waals surface area contributed by atoms with Crippen molar-refractivity contribution in [3.63, 3.8) is 0 Å². The number of halogens is 2. The summed E-state index contributed by atoms with van der Waals surface area (Å²) in [7, 11) is 0. The zero-order valence-corrected chi connectivity index (χ0v) is 22.0. The summed E-state index contributed by atoms with van der Waals surface area (Å²) < 4.78 is 43.1. The fraction of sp³-hybridized carbons (Fsp3) is 0.333. The second-order valence-corrected chi connectivity index (χ2v) is 9.79. The van der Waals surface area contributed by atoms with Crippen LogP contribution in [0.5, 0.6) is 5.75 Å². The molecule has 214 valence electrons. The molecule has 0 amide bonds. The van der Waals surface area contributed by atoms with Gasteiger partial charge in [0.15, 0.2) is 23.0 Å². The number of carbonyl (C=O) groups is 1. The van der Waals surface area contributed by atoms with Gasteiger partial charge in [-0.15, -0.1) is 0 Å². The second-order valence-electron chi connectivity index (χ2n) is 9.79. The van der Waals surface area contributed by atoms with E-state index in [0.717, 1.165) is 17.0 Å². The van der Waals surface area contributed by atoms with Crippen LogP contribution >= 0.6 is 0 Å². The van der Waals surface area contributed by atoms with Crippen molar-refractivity contribution < 1.29 is 27.8 Å². The van der Waals surface area contributed by atoms with Crippen LogP contribution in [0.4, 0.5) is 20.4 Å². The van der Waals surface area contributed by atoms with Gasteiger partial charge in [-0.25, -0.2) is 13.5 Å². The van der Waals surface area contributed by atoms with Crippen LogP contribution in [0.15, 0.2) is 47.2 Å². The molecule has 41 heavy (non-hydrogen) atoms. The van der Waals surface area contributed by atoms with Gasteiger partial charge >= 0.3 is 5.97 Å². The number of nitrogens with two attached hydrogens (primary N) is 1. The number of benzene rings is 1. The van der Waals surface area contributed by atoms with E-state index in [2.05, 4.69) is 20.1 Å². The third kappa shape index (κ3) is 5.37. The predicted molar refractivity (Wildman–Crippen MR) is 146 cm³/mol. The number of fused-ring (bicyclic) bond motifs is 3. The fourth-order valence-electron chi connectivity index (χ4n) is 5.01. The molecule has 0 spiro atoms. The van der Waals surface area contributed by atoms with Gasteiger partial charge in [-0.3, -0.25) is 9.69 Å². The number of furan rings is 1. The minimum Gasteiger partial charge on any atom is -0.490 e. The van der Waals surface area contributed by atoms with Crippen LogP contribution in [0.1, 0.15) is 12.8 Å². The number of nitrogens with zero attached hydrogens (tertiary/aromatic N) is 7. The van der Waals surface area contributed by atoms with Crippen LogP contribution < -0.4 is 15.4 Å². The first-order valence-corrected chi connectivity index (χ1v) is 13.2. The zero-order chi connectivity index (χ0) is 28.5. The summed E-state index contributed by atoms with van der Waals surface area (Å²) in [4.78, 5) is 19.3. The van der Waals surface area contributed by atoms with Crippen molar-refractivity contribution >= 4 is 34.2 Å². The van der Waals surface area contributed by atoms with Crippen molar-refractivity contribution in [3.8, 4) is 17.2 Å². The molecule has 0 atom stereocenters. The third-order valence-corrected chi connectivity index (χ3v) is 7.14. The summed E-state index contributed by atoms with van der Waals surface area (Å²) in [5.74, 6) is -1.65. The first kappa shape index (κ1) is 26.5. The van der Waals surface area contributed by atoms with E-state index in [-0.39, 0.29) is 36.8 Å². The average molecular weight is 567 g/mol. The molecule has 6 rings (SSSR count). The number of hydrogen-bond donors (Lipinski definition) is 2. The van der Waals surface area contributed by atoms with E-state index in [1.165, 1.54) is 6.07 Å². The Balaban J connectivity index is 1.09. The Morgan fingerprint density at radius 1 is 1.12 bits per heavy atom. The monoisotopic (exact) mass is 566 g/mol. The maximum atomic E-state index is 14.6. The van der Waals surface area contributed by atoms with Gasteiger partial charge in [-0.2, -0.15) is 19.7 Å². The molecular formula is C27H28F2N8O4. The van der Waals surface area contributed by atoms with Gasteiger partial charge in [0.25, 0.3) is 0 Å². The lowest BCUT2D eigenvalue weighted by molar-refractivity contribution is -0.137. The number of piperazine rings is 1. The molecule has 0 saturated carbocycles. The van der Waals surface area contributed by atoms with E-state index in [9.17, 15) is 13.6 Å². The quantitative estimate of drug-likeness (QED) is 0.242. The van der Waals surface area contributed by atoms with E-state index >= 15 is 0 Å². The first-order chi connectivity index (χ1) is 19.9. The normalized spacial score (nSPS) is 14.3. The molecule has 5 heterocycles. The molecule has 0 aliphatic carbocycles. The number of anilines is 2. The van der Waals surface area contributed by atoms with Crippen LogP contribution in [-0.2, 0) is 11.3 Å². The topological polar surface area (TPSA) is 140 Å². The van der Waals surface area contributed by atoms with Crippen LogP contribution in [-0.4, -0.2) is 79.7 Å². The lowest BCUT2D eigenvalue weighted by Crippen LogP contribution is -2.47. The number of nitrogen functional groups attached to an aromatic ring is 1. The van der Waals surface area contributed by atoms with Gasteiger partial charge in [0.1, 0.15) is 11.5 Å².